The van der Waals surface area contributed by atoms with Gasteiger partial charge in [-0.3, -0.25) is 4.79 Å². The summed E-state index contributed by atoms with van der Waals surface area (Å²) in [6.45, 7) is 4.12. The number of rotatable bonds is 2. The van der Waals surface area contributed by atoms with Gasteiger partial charge in [-0.15, -0.1) is 11.3 Å². The van der Waals surface area contributed by atoms with E-state index in [9.17, 15) is 4.79 Å². The van der Waals surface area contributed by atoms with Crippen LogP contribution in [0.5, 0.6) is 0 Å². The van der Waals surface area contributed by atoms with Crippen molar-refractivity contribution in [2.45, 2.75) is 19.4 Å². The van der Waals surface area contributed by atoms with Crippen LogP contribution in [0.2, 0.25) is 0 Å². The fourth-order valence-electron chi connectivity index (χ4n) is 1.85. The molecule has 3 nitrogen and oxygen atoms in total. The molecule has 1 saturated heterocycles. The maximum absolute atomic E-state index is 11.9. The van der Waals surface area contributed by atoms with Crippen LogP contribution in [0.25, 0.3) is 0 Å². The van der Waals surface area contributed by atoms with Gasteiger partial charge >= 0.3 is 0 Å². The van der Waals surface area contributed by atoms with Crippen molar-refractivity contribution < 1.29 is 4.79 Å². The molecule has 2 heterocycles. The Morgan fingerprint density at radius 3 is 3.12 bits per heavy atom. The van der Waals surface area contributed by atoms with Crippen molar-refractivity contribution >= 4 is 33.2 Å². The number of piperidine rings is 1. The molecule has 5 heteroatoms. The Hall–Kier alpha value is -0.390. The number of carbonyl (C=O) groups excluding carboxylic acids is 1. The maximum Gasteiger partial charge on any atom is 0.261 e. The van der Waals surface area contributed by atoms with Crippen molar-refractivity contribution in [3.05, 3.63) is 20.8 Å². The standard InChI is InChI=1S/C11H15BrN2OS/c1-7-2-3-13-5-9(7)14-11(15)10-4-8(12)6-16-10/h4,6-7,9,13H,2-3,5H2,1H3,(H,14,15). The highest BCUT2D eigenvalue weighted by Gasteiger charge is 2.23. The molecule has 1 amide bonds. The Bertz CT molecular complexity index is 380. The zero-order chi connectivity index (χ0) is 11.5. The average Bonchev–Trinajstić information content (AvgIpc) is 2.68. The first-order chi connectivity index (χ1) is 7.66. The van der Waals surface area contributed by atoms with Gasteiger partial charge in [0.25, 0.3) is 5.91 Å². The predicted octanol–water partition coefficient (Wildman–Crippen LogP) is 2.24. The van der Waals surface area contributed by atoms with Gasteiger partial charge in [0.15, 0.2) is 0 Å². The minimum atomic E-state index is 0.0382. The van der Waals surface area contributed by atoms with Crippen LogP contribution in [0.15, 0.2) is 15.9 Å². The molecule has 0 aliphatic carbocycles. The summed E-state index contributed by atoms with van der Waals surface area (Å²) in [4.78, 5) is 12.7. The Morgan fingerprint density at radius 1 is 1.69 bits per heavy atom. The fourth-order valence-corrected chi connectivity index (χ4v) is 3.18. The third kappa shape index (κ3) is 2.84. The third-order valence-electron chi connectivity index (χ3n) is 2.94. The molecule has 88 valence electrons. The van der Waals surface area contributed by atoms with Crippen LogP contribution in [0.1, 0.15) is 23.0 Å². The smallest absolute Gasteiger partial charge is 0.261 e. The monoisotopic (exact) mass is 302 g/mol. The maximum atomic E-state index is 11.9. The molecular formula is C11H15BrN2OS. The van der Waals surface area contributed by atoms with Gasteiger partial charge < -0.3 is 10.6 Å². The number of amides is 1. The van der Waals surface area contributed by atoms with Crippen molar-refractivity contribution in [3.8, 4) is 0 Å². The molecule has 2 N–H and O–H groups in total. The lowest BCUT2D eigenvalue weighted by atomic mass is 9.95. The zero-order valence-electron chi connectivity index (χ0n) is 9.13. The lowest BCUT2D eigenvalue weighted by Gasteiger charge is -2.30. The first kappa shape index (κ1) is 12.1. The van der Waals surface area contributed by atoms with E-state index in [0.29, 0.717) is 5.92 Å². The Balaban J connectivity index is 1.96. The summed E-state index contributed by atoms with van der Waals surface area (Å²) < 4.78 is 0.970. The molecule has 2 atom stereocenters. The summed E-state index contributed by atoms with van der Waals surface area (Å²) in [5.74, 6) is 0.588. The molecule has 2 rings (SSSR count). The molecule has 16 heavy (non-hydrogen) atoms. The summed E-state index contributed by atoms with van der Waals surface area (Å²) in [7, 11) is 0. The van der Waals surface area contributed by atoms with Gasteiger partial charge in [0, 0.05) is 22.4 Å². The van der Waals surface area contributed by atoms with Crippen LogP contribution in [0.3, 0.4) is 0 Å². The second kappa shape index (κ2) is 5.29. The van der Waals surface area contributed by atoms with Gasteiger partial charge in [-0.2, -0.15) is 0 Å². The Morgan fingerprint density at radius 2 is 2.50 bits per heavy atom. The minimum absolute atomic E-state index is 0.0382. The average molecular weight is 303 g/mol. The summed E-state index contributed by atoms with van der Waals surface area (Å²) in [6, 6.07) is 2.11. The van der Waals surface area contributed by atoms with E-state index in [0.717, 1.165) is 28.9 Å². The molecule has 2 unspecified atom stereocenters. The summed E-state index contributed by atoms with van der Waals surface area (Å²) in [5, 5.41) is 8.32. The molecule has 0 saturated carbocycles. The summed E-state index contributed by atoms with van der Waals surface area (Å²) in [6.07, 6.45) is 1.12. The van der Waals surface area contributed by atoms with Crippen LogP contribution in [-0.4, -0.2) is 25.0 Å². The summed E-state index contributed by atoms with van der Waals surface area (Å²) in [5.41, 5.74) is 0. The molecular weight excluding hydrogens is 288 g/mol. The molecule has 0 aromatic carbocycles. The molecule has 1 aromatic heterocycles. The van der Waals surface area contributed by atoms with Crippen molar-refractivity contribution in [1.29, 1.82) is 0 Å². The molecule has 1 aliphatic rings. The van der Waals surface area contributed by atoms with Crippen molar-refractivity contribution in [3.63, 3.8) is 0 Å². The first-order valence-electron chi connectivity index (χ1n) is 5.42. The largest absolute Gasteiger partial charge is 0.347 e. The quantitative estimate of drug-likeness (QED) is 0.880. The van der Waals surface area contributed by atoms with Gasteiger partial charge in [0.05, 0.1) is 4.88 Å². The van der Waals surface area contributed by atoms with Crippen molar-refractivity contribution in [2.75, 3.05) is 13.1 Å². The van der Waals surface area contributed by atoms with E-state index >= 15 is 0 Å². The SMILES string of the molecule is CC1CCNCC1NC(=O)c1cc(Br)cs1. The number of hydrogen-bond donors (Lipinski definition) is 2. The molecule has 1 aromatic rings. The zero-order valence-corrected chi connectivity index (χ0v) is 11.5. The number of nitrogens with one attached hydrogen (secondary N) is 2. The molecule has 0 radical (unpaired) electrons. The van der Waals surface area contributed by atoms with Gasteiger partial charge in [-0.1, -0.05) is 6.92 Å². The van der Waals surface area contributed by atoms with Crippen LogP contribution in [-0.2, 0) is 0 Å². The number of halogens is 1. The van der Waals surface area contributed by atoms with Gasteiger partial charge in [-0.25, -0.2) is 0 Å². The van der Waals surface area contributed by atoms with E-state index in [2.05, 4.69) is 33.5 Å². The number of carbonyl (C=O) groups is 1. The van der Waals surface area contributed by atoms with Gasteiger partial charge in [0.1, 0.15) is 0 Å². The topological polar surface area (TPSA) is 41.1 Å². The molecule has 1 fully saturated rings. The van der Waals surface area contributed by atoms with Crippen molar-refractivity contribution in [1.82, 2.24) is 10.6 Å². The van der Waals surface area contributed by atoms with E-state index in [4.69, 9.17) is 0 Å². The summed E-state index contributed by atoms with van der Waals surface area (Å²) >= 11 is 4.82. The molecule has 1 aliphatic heterocycles. The van der Waals surface area contributed by atoms with Crippen LogP contribution in [0.4, 0.5) is 0 Å². The third-order valence-corrected chi connectivity index (χ3v) is 4.63. The highest BCUT2D eigenvalue weighted by atomic mass is 79.9. The van der Waals surface area contributed by atoms with Crippen LogP contribution in [0, 0.1) is 5.92 Å². The van der Waals surface area contributed by atoms with Crippen LogP contribution < -0.4 is 10.6 Å². The predicted molar refractivity (Wildman–Crippen MR) is 69.9 cm³/mol. The van der Waals surface area contributed by atoms with Gasteiger partial charge in [-0.05, 0) is 40.9 Å². The Kier molecular flexibility index (Phi) is 4.00. The second-order valence-corrected chi connectivity index (χ2v) is 6.01. The second-order valence-electron chi connectivity index (χ2n) is 4.18. The number of thiophene rings is 1. The van der Waals surface area contributed by atoms with Gasteiger partial charge in [0.2, 0.25) is 0 Å². The van der Waals surface area contributed by atoms with Crippen LogP contribution >= 0.6 is 27.3 Å². The van der Waals surface area contributed by atoms with Crippen molar-refractivity contribution in [2.24, 2.45) is 5.92 Å². The van der Waals surface area contributed by atoms with E-state index < -0.39 is 0 Å². The van der Waals surface area contributed by atoms with E-state index in [1.807, 2.05) is 11.4 Å². The highest BCUT2D eigenvalue weighted by molar-refractivity contribution is 9.10. The highest BCUT2D eigenvalue weighted by Crippen LogP contribution is 2.20. The Labute approximate surface area is 108 Å². The normalized spacial score (nSPS) is 25.4. The van der Waals surface area contributed by atoms with E-state index in [1.54, 1.807) is 0 Å². The number of hydrogen-bond acceptors (Lipinski definition) is 3. The fraction of sp³-hybridized carbons (Fsp3) is 0.545. The molecule has 0 spiro atoms. The molecule has 0 bridgehead atoms. The first-order valence-corrected chi connectivity index (χ1v) is 7.09. The minimum Gasteiger partial charge on any atom is -0.347 e. The lowest BCUT2D eigenvalue weighted by molar-refractivity contribution is 0.0919. The van der Waals surface area contributed by atoms with E-state index in [1.165, 1.54) is 11.3 Å². The van der Waals surface area contributed by atoms with E-state index in [-0.39, 0.29) is 11.9 Å². The lowest BCUT2D eigenvalue weighted by Crippen LogP contribution is -2.50.